The van der Waals surface area contributed by atoms with Gasteiger partial charge in [0.1, 0.15) is 0 Å². The SMILES string of the molecule is CCC(C)N(c1ccc(-c2n[nH]c3ccc(C(=O)NCc4ccccc4P)cc23)cc1)C(CC)CC. The second kappa shape index (κ2) is 11.7. The molecule has 1 aromatic heterocycles. The van der Waals surface area contributed by atoms with E-state index in [1.165, 1.54) is 5.69 Å². The molecule has 2 N–H and O–H groups in total. The Hall–Kier alpha value is -3.17. The minimum atomic E-state index is -0.0954. The van der Waals surface area contributed by atoms with Gasteiger partial charge in [0.15, 0.2) is 0 Å². The molecule has 0 bridgehead atoms. The lowest BCUT2D eigenvalue weighted by Crippen LogP contribution is -2.41. The highest BCUT2D eigenvalue weighted by Gasteiger charge is 2.21. The maximum Gasteiger partial charge on any atom is 0.251 e. The summed E-state index contributed by atoms with van der Waals surface area (Å²) in [6, 6.07) is 23.4. The Bertz CT molecular complexity index is 1310. The summed E-state index contributed by atoms with van der Waals surface area (Å²) in [4.78, 5) is 15.5. The molecule has 0 saturated carbocycles. The van der Waals surface area contributed by atoms with E-state index in [-0.39, 0.29) is 5.91 Å². The van der Waals surface area contributed by atoms with Crippen molar-refractivity contribution in [1.29, 1.82) is 0 Å². The Morgan fingerprint density at radius 1 is 1.00 bits per heavy atom. The molecule has 3 aromatic carbocycles. The zero-order valence-electron chi connectivity index (χ0n) is 21.7. The predicted molar refractivity (Wildman–Crippen MR) is 155 cm³/mol. The molecule has 4 aromatic rings. The highest BCUT2D eigenvalue weighted by Crippen LogP contribution is 2.31. The fourth-order valence-electron chi connectivity index (χ4n) is 4.84. The average Bonchev–Trinajstić information content (AvgIpc) is 3.34. The van der Waals surface area contributed by atoms with Gasteiger partial charge in [-0.2, -0.15) is 5.10 Å². The van der Waals surface area contributed by atoms with Crippen molar-refractivity contribution in [3.05, 3.63) is 77.9 Å². The van der Waals surface area contributed by atoms with Crippen LogP contribution in [0.1, 0.15) is 62.9 Å². The molecule has 1 amide bonds. The number of aromatic nitrogens is 2. The second-order valence-corrected chi connectivity index (χ2v) is 10.0. The smallest absolute Gasteiger partial charge is 0.251 e. The van der Waals surface area contributed by atoms with E-state index in [2.05, 4.69) is 81.6 Å². The van der Waals surface area contributed by atoms with Gasteiger partial charge in [-0.3, -0.25) is 9.89 Å². The normalized spacial score (nSPS) is 12.2. The third-order valence-corrected chi connectivity index (χ3v) is 7.72. The van der Waals surface area contributed by atoms with Crippen molar-refractivity contribution in [3.8, 4) is 11.3 Å². The van der Waals surface area contributed by atoms with E-state index in [0.29, 0.717) is 24.2 Å². The van der Waals surface area contributed by atoms with Crippen LogP contribution in [-0.2, 0) is 6.54 Å². The lowest BCUT2D eigenvalue weighted by atomic mass is 10.0. The van der Waals surface area contributed by atoms with Crippen molar-refractivity contribution < 1.29 is 4.79 Å². The summed E-state index contributed by atoms with van der Waals surface area (Å²) in [6.45, 7) is 9.57. The van der Waals surface area contributed by atoms with Gasteiger partial charge < -0.3 is 10.2 Å². The molecule has 5 nitrogen and oxygen atoms in total. The van der Waals surface area contributed by atoms with E-state index >= 15 is 0 Å². The maximum absolute atomic E-state index is 12.9. The lowest BCUT2D eigenvalue weighted by Gasteiger charge is -2.37. The Morgan fingerprint density at radius 3 is 2.39 bits per heavy atom. The number of amides is 1. The highest BCUT2D eigenvalue weighted by molar-refractivity contribution is 7.27. The van der Waals surface area contributed by atoms with Crippen LogP contribution < -0.4 is 15.5 Å². The van der Waals surface area contributed by atoms with Crippen LogP contribution in [0.3, 0.4) is 0 Å². The topological polar surface area (TPSA) is 61.0 Å². The first-order valence-electron chi connectivity index (χ1n) is 12.9. The number of carbonyl (C=O) groups is 1. The molecule has 2 unspecified atom stereocenters. The van der Waals surface area contributed by atoms with Crippen molar-refractivity contribution in [3.63, 3.8) is 0 Å². The van der Waals surface area contributed by atoms with E-state index in [0.717, 1.165) is 52.3 Å². The van der Waals surface area contributed by atoms with Crippen molar-refractivity contribution in [2.75, 3.05) is 4.90 Å². The minimum absolute atomic E-state index is 0.0954. The number of rotatable bonds is 10. The van der Waals surface area contributed by atoms with Gasteiger partial charge in [0.25, 0.3) is 5.91 Å². The van der Waals surface area contributed by atoms with Crippen molar-refractivity contribution in [2.24, 2.45) is 0 Å². The fraction of sp³-hybridized carbons (Fsp3) is 0.333. The van der Waals surface area contributed by atoms with Crippen LogP contribution in [0.4, 0.5) is 5.69 Å². The van der Waals surface area contributed by atoms with Gasteiger partial charge in [0.2, 0.25) is 0 Å². The molecule has 0 aliphatic heterocycles. The lowest BCUT2D eigenvalue weighted by molar-refractivity contribution is 0.0951. The molecule has 0 fully saturated rings. The van der Waals surface area contributed by atoms with Gasteiger partial charge in [-0.15, -0.1) is 9.24 Å². The van der Waals surface area contributed by atoms with Crippen molar-refractivity contribution in [2.45, 2.75) is 65.6 Å². The number of carbonyl (C=O) groups excluding carboxylic acids is 1. The molecule has 6 heteroatoms. The summed E-state index contributed by atoms with van der Waals surface area (Å²) in [5, 5.41) is 12.8. The Balaban J connectivity index is 1.58. The van der Waals surface area contributed by atoms with Gasteiger partial charge in [-0.25, -0.2) is 0 Å². The molecule has 1 heterocycles. The highest BCUT2D eigenvalue weighted by atomic mass is 31.0. The van der Waals surface area contributed by atoms with Gasteiger partial charge in [-0.05, 0) is 67.4 Å². The molecule has 0 spiro atoms. The molecule has 0 aliphatic carbocycles. The van der Waals surface area contributed by atoms with Crippen LogP contribution in [0.5, 0.6) is 0 Å². The third-order valence-electron chi connectivity index (χ3n) is 7.16. The number of H-pyrrole nitrogens is 1. The van der Waals surface area contributed by atoms with Gasteiger partial charge in [0, 0.05) is 40.8 Å². The Morgan fingerprint density at radius 2 is 1.72 bits per heavy atom. The minimum Gasteiger partial charge on any atom is -0.366 e. The van der Waals surface area contributed by atoms with Crippen LogP contribution in [-0.4, -0.2) is 28.2 Å². The van der Waals surface area contributed by atoms with Crippen LogP contribution in [0.2, 0.25) is 0 Å². The number of hydrogen-bond acceptors (Lipinski definition) is 3. The second-order valence-electron chi connectivity index (χ2n) is 9.40. The summed E-state index contributed by atoms with van der Waals surface area (Å²) in [5.74, 6) is -0.0954. The van der Waals surface area contributed by atoms with E-state index in [1.807, 2.05) is 42.5 Å². The zero-order valence-corrected chi connectivity index (χ0v) is 22.9. The standard InChI is InChI=1S/C30H37N4OP/c1-5-20(4)34(24(6-2)7-3)25-15-12-21(13-16-25)29-26-18-22(14-17-27(26)32-33-29)30(35)31-19-23-10-8-9-11-28(23)36/h8-18,20,24H,5-7,19,36H2,1-4H3,(H,31,35)(H,32,33). The first-order chi connectivity index (χ1) is 17.5. The van der Waals surface area contributed by atoms with Crippen LogP contribution in [0, 0.1) is 0 Å². The van der Waals surface area contributed by atoms with Gasteiger partial charge >= 0.3 is 0 Å². The number of fused-ring (bicyclic) bond motifs is 1. The number of benzene rings is 3. The summed E-state index contributed by atoms with van der Waals surface area (Å²) in [6.07, 6.45) is 3.36. The zero-order chi connectivity index (χ0) is 25.7. The monoisotopic (exact) mass is 500 g/mol. The quantitative estimate of drug-likeness (QED) is 0.246. The van der Waals surface area contributed by atoms with Crippen LogP contribution in [0.15, 0.2) is 66.7 Å². The molecule has 4 rings (SSSR count). The molecular weight excluding hydrogens is 463 g/mol. The number of nitrogens with zero attached hydrogens (tertiary/aromatic N) is 2. The average molecular weight is 501 g/mol. The first kappa shape index (κ1) is 25.9. The molecule has 36 heavy (non-hydrogen) atoms. The van der Waals surface area contributed by atoms with Crippen molar-refractivity contribution in [1.82, 2.24) is 15.5 Å². The van der Waals surface area contributed by atoms with E-state index < -0.39 is 0 Å². The van der Waals surface area contributed by atoms with Crippen LogP contribution >= 0.6 is 9.24 Å². The summed E-state index contributed by atoms with van der Waals surface area (Å²) in [7, 11) is 2.72. The van der Waals surface area contributed by atoms with E-state index in [4.69, 9.17) is 0 Å². The van der Waals surface area contributed by atoms with Crippen molar-refractivity contribution >= 4 is 37.0 Å². The Labute approximate surface area is 216 Å². The number of hydrogen-bond donors (Lipinski definition) is 2. The molecular formula is C30H37N4OP. The predicted octanol–water partition coefficient (Wildman–Crippen LogP) is 6.45. The summed E-state index contributed by atoms with van der Waals surface area (Å²) in [5.41, 5.74) is 5.77. The number of anilines is 1. The van der Waals surface area contributed by atoms with Gasteiger partial charge in [0.05, 0.1) is 11.2 Å². The first-order valence-corrected chi connectivity index (χ1v) is 13.5. The van der Waals surface area contributed by atoms with Gasteiger partial charge in [-0.1, -0.05) is 57.2 Å². The van der Waals surface area contributed by atoms with E-state index in [9.17, 15) is 4.79 Å². The van der Waals surface area contributed by atoms with Crippen LogP contribution in [0.25, 0.3) is 22.2 Å². The molecule has 2 atom stereocenters. The summed E-state index contributed by atoms with van der Waals surface area (Å²) < 4.78 is 0. The number of aromatic amines is 1. The maximum atomic E-state index is 12.9. The molecule has 0 saturated heterocycles. The molecule has 188 valence electrons. The number of nitrogens with one attached hydrogen (secondary N) is 2. The fourth-order valence-corrected chi connectivity index (χ4v) is 5.15. The largest absolute Gasteiger partial charge is 0.366 e. The molecule has 0 radical (unpaired) electrons. The third kappa shape index (κ3) is 5.47. The molecule has 0 aliphatic rings. The van der Waals surface area contributed by atoms with E-state index in [1.54, 1.807) is 0 Å². The Kier molecular flexibility index (Phi) is 8.43. The summed E-state index contributed by atoms with van der Waals surface area (Å²) >= 11 is 0.